The van der Waals surface area contributed by atoms with E-state index < -0.39 is 5.97 Å². The molecule has 28 heavy (non-hydrogen) atoms. The minimum absolute atomic E-state index is 0.0263. The molecule has 3 aromatic rings. The van der Waals surface area contributed by atoms with Crippen molar-refractivity contribution in [1.29, 1.82) is 0 Å². The van der Waals surface area contributed by atoms with Gasteiger partial charge in [0, 0.05) is 30.3 Å². The number of carboxylic acids is 1. The zero-order valence-corrected chi connectivity index (χ0v) is 16.1. The third-order valence-corrected chi connectivity index (χ3v) is 5.37. The number of thiocarbonyl (C=S) groups is 1. The summed E-state index contributed by atoms with van der Waals surface area (Å²) < 4.78 is 2.07. The molecule has 1 aliphatic rings. The normalized spacial score (nSPS) is 18.9. The van der Waals surface area contributed by atoms with E-state index in [1.807, 2.05) is 42.6 Å². The molecule has 2 atom stereocenters. The summed E-state index contributed by atoms with van der Waals surface area (Å²) in [7, 11) is 0. The first-order valence-corrected chi connectivity index (χ1v) is 9.50. The van der Waals surface area contributed by atoms with Gasteiger partial charge in [0.25, 0.3) is 0 Å². The van der Waals surface area contributed by atoms with E-state index in [2.05, 4.69) is 32.8 Å². The van der Waals surface area contributed by atoms with Crippen LogP contribution in [0, 0.1) is 0 Å². The second-order valence-corrected chi connectivity index (χ2v) is 6.95. The minimum atomic E-state index is -0.933. The van der Waals surface area contributed by atoms with Crippen LogP contribution in [0.25, 0.3) is 5.69 Å². The molecule has 4 rings (SSSR count). The van der Waals surface area contributed by atoms with Gasteiger partial charge in [-0.25, -0.2) is 4.79 Å². The van der Waals surface area contributed by atoms with Crippen molar-refractivity contribution in [3.8, 4) is 5.69 Å². The monoisotopic (exact) mass is 392 g/mol. The van der Waals surface area contributed by atoms with E-state index in [9.17, 15) is 4.79 Å². The zero-order valence-electron chi connectivity index (χ0n) is 15.3. The number of carboxylic acid groups (broad SMARTS) is 1. The van der Waals surface area contributed by atoms with Crippen LogP contribution in [0.1, 0.15) is 40.8 Å². The van der Waals surface area contributed by atoms with Gasteiger partial charge in [0.05, 0.1) is 23.3 Å². The van der Waals surface area contributed by atoms with Gasteiger partial charge in [0.1, 0.15) is 0 Å². The third-order valence-electron chi connectivity index (χ3n) is 5.01. The molecule has 0 saturated carbocycles. The summed E-state index contributed by atoms with van der Waals surface area (Å²) in [5.41, 5.74) is 3.16. The van der Waals surface area contributed by atoms with Crippen LogP contribution in [0.2, 0.25) is 0 Å². The van der Waals surface area contributed by atoms with E-state index in [0.717, 1.165) is 23.6 Å². The van der Waals surface area contributed by atoms with Crippen molar-refractivity contribution in [2.75, 3.05) is 6.54 Å². The Morgan fingerprint density at radius 1 is 1.18 bits per heavy atom. The number of benzene rings is 1. The van der Waals surface area contributed by atoms with Gasteiger partial charge in [0.2, 0.25) is 0 Å². The topological polar surface area (TPSA) is 70.4 Å². The Balaban J connectivity index is 1.77. The molecule has 1 aromatic carbocycles. The number of carbonyl (C=O) groups is 1. The summed E-state index contributed by atoms with van der Waals surface area (Å²) in [6, 6.07) is 16.7. The van der Waals surface area contributed by atoms with Crippen molar-refractivity contribution in [1.82, 2.24) is 19.8 Å². The number of pyridine rings is 1. The fraction of sp³-hybridized carbons (Fsp3) is 0.190. The van der Waals surface area contributed by atoms with Crippen LogP contribution in [-0.4, -0.2) is 37.2 Å². The second-order valence-electron chi connectivity index (χ2n) is 6.57. The predicted octanol–water partition coefficient (Wildman–Crippen LogP) is 3.56. The van der Waals surface area contributed by atoms with Crippen LogP contribution in [0.5, 0.6) is 0 Å². The Hall–Kier alpha value is -3.19. The first-order valence-electron chi connectivity index (χ1n) is 9.09. The fourth-order valence-corrected chi connectivity index (χ4v) is 4.07. The van der Waals surface area contributed by atoms with Gasteiger partial charge >= 0.3 is 5.97 Å². The highest BCUT2D eigenvalue weighted by molar-refractivity contribution is 7.80. The Labute approximate surface area is 168 Å². The summed E-state index contributed by atoms with van der Waals surface area (Å²) in [6.45, 7) is 2.85. The first-order chi connectivity index (χ1) is 13.6. The average molecular weight is 392 g/mol. The molecule has 2 N–H and O–H groups in total. The van der Waals surface area contributed by atoms with Gasteiger partial charge in [0.15, 0.2) is 5.11 Å². The van der Waals surface area contributed by atoms with Gasteiger partial charge in [-0.2, -0.15) is 0 Å². The molecule has 1 fully saturated rings. The number of nitrogens with zero attached hydrogens (tertiary/aromatic N) is 3. The molecule has 3 heterocycles. The maximum absolute atomic E-state index is 11.1. The summed E-state index contributed by atoms with van der Waals surface area (Å²) in [5, 5.41) is 13.3. The Morgan fingerprint density at radius 2 is 1.96 bits per heavy atom. The van der Waals surface area contributed by atoms with Crippen LogP contribution >= 0.6 is 12.2 Å². The predicted molar refractivity (Wildman–Crippen MR) is 111 cm³/mol. The molecule has 0 aliphatic carbocycles. The molecule has 0 amide bonds. The van der Waals surface area contributed by atoms with Gasteiger partial charge < -0.3 is 19.9 Å². The van der Waals surface area contributed by atoms with Gasteiger partial charge in [-0.05, 0) is 67.7 Å². The minimum Gasteiger partial charge on any atom is -0.478 e. The van der Waals surface area contributed by atoms with E-state index in [1.54, 1.807) is 18.3 Å². The molecule has 142 valence electrons. The molecule has 2 aromatic heterocycles. The largest absolute Gasteiger partial charge is 0.478 e. The molecule has 1 saturated heterocycles. The molecule has 6 nitrogen and oxygen atoms in total. The van der Waals surface area contributed by atoms with Crippen molar-refractivity contribution < 1.29 is 9.90 Å². The van der Waals surface area contributed by atoms with E-state index in [4.69, 9.17) is 17.3 Å². The molecular weight excluding hydrogens is 372 g/mol. The smallest absolute Gasteiger partial charge is 0.335 e. The van der Waals surface area contributed by atoms with E-state index in [1.165, 1.54) is 0 Å². The number of aromatic carboxylic acids is 1. The molecule has 0 spiro atoms. The van der Waals surface area contributed by atoms with Gasteiger partial charge in [-0.1, -0.05) is 6.07 Å². The zero-order chi connectivity index (χ0) is 19.7. The lowest BCUT2D eigenvalue weighted by atomic mass is 10.0. The highest BCUT2D eigenvalue weighted by Gasteiger charge is 2.40. The van der Waals surface area contributed by atoms with Crippen molar-refractivity contribution in [2.45, 2.75) is 19.0 Å². The molecule has 0 unspecified atom stereocenters. The maximum atomic E-state index is 11.1. The number of likely N-dealkylation sites (N-methyl/N-ethyl adjacent to an activating group) is 1. The van der Waals surface area contributed by atoms with Crippen molar-refractivity contribution in [2.24, 2.45) is 0 Å². The van der Waals surface area contributed by atoms with Crippen molar-refractivity contribution in [3.05, 3.63) is 83.9 Å². The fourth-order valence-electron chi connectivity index (χ4n) is 3.70. The lowest BCUT2D eigenvalue weighted by Crippen LogP contribution is -2.30. The van der Waals surface area contributed by atoms with E-state index in [0.29, 0.717) is 5.11 Å². The quantitative estimate of drug-likeness (QED) is 0.647. The highest BCUT2D eigenvalue weighted by Crippen LogP contribution is 2.39. The first kappa shape index (κ1) is 18.2. The summed E-state index contributed by atoms with van der Waals surface area (Å²) in [5.74, 6) is -0.933. The molecule has 0 bridgehead atoms. The van der Waals surface area contributed by atoms with Crippen molar-refractivity contribution in [3.63, 3.8) is 0 Å². The van der Waals surface area contributed by atoms with Crippen LogP contribution in [0.4, 0.5) is 0 Å². The molecule has 0 radical (unpaired) electrons. The highest BCUT2D eigenvalue weighted by atomic mass is 32.1. The summed E-state index contributed by atoms with van der Waals surface area (Å²) >= 11 is 5.59. The third kappa shape index (κ3) is 3.14. The lowest BCUT2D eigenvalue weighted by Gasteiger charge is -2.28. The number of hydrogen-bond donors (Lipinski definition) is 2. The number of hydrogen-bond acceptors (Lipinski definition) is 3. The lowest BCUT2D eigenvalue weighted by molar-refractivity contribution is 0.0697. The Bertz CT molecular complexity index is 1000. The summed E-state index contributed by atoms with van der Waals surface area (Å²) in [6.07, 6.45) is 3.77. The number of aromatic nitrogens is 2. The maximum Gasteiger partial charge on any atom is 0.335 e. The number of rotatable bonds is 5. The van der Waals surface area contributed by atoms with E-state index >= 15 is 0 Å². The van der Waals surface area contributed by atoms with Crippen LogP contribution in [0.3, 0.4) is 0 Å². The van der Waals surface area contributed by atoms with Crippen molar-refractivity contribution >= 4 is 23.3 Å². The van der Waals surface area contributed by atoms with Crippen LogP contribution < -0.4 is 5.32 Å². The van der Waals surface area contributed by atoms with Crippen LogP contribution in [-0.2, 0) is 0 Å². The molecule has 7 heteroatoms. The summed E-state index contributed by atoms with van der Waals surface area (Å²) in [4.78, 5) is 17.8. The molecule has 1 aliphatic heterocycles. The Morgan fingerprint density at radius 3 is 2.61 bits per heavy atom. The molecular formula is C21H20N4O2S. The second kappa shape index (κ2) is 7.44. The average Bonchev–Trinajstić information content (AvgIpc) is 3.32. The SMILES string of the molecule is CCN1C(=S)N[C@@H](c2ccccn2)[C@@H]1c1cccn1-c1ccc(C(=O)O)cc1. The Kier molecular flexibility index (Phi) is 4.83. The van der Waals surface area contributed by atoms with E-state index in [-0.39, 0.29) is 17.6 Å². The standard InChI is InChI=1S/C21H20N4O2S/c1-2-24-19(18(23-21(24)28)16-6-3-4-12-22-16)17-7-5-13-25(17)15-10-8-14(9-11-15)20(26)27/h3-13,18-19H,2H2,1H3,(H,23,28)(H,26,27)/t18-,19-/m0/s1. The van der Waals surface area contributed by atoms with Crippen LogP contribution in [0.15, 0.2) is 67.0 Å². The van der Waals surface area contributed by atoms with Gasteiger partial charge in [-0.3, -0.25) is 4.98 Å². The number of nitrogens with one attached hydrogen (secondary N) is 1. The van der Waals surface area contributed by atoms with Gasteiger partial charge in [-0.15, -0.1) is 0 Å².